The highest BCUT2D eigenvalue weighted by Gasteiger charge is 2.23. The molecule has 100 valence electrons. The Kier molecular flexibility index (Phi) is 4.36. The van der Waals surface area contributed by atoms with E-state index >= 15 is 0 Å². The lowest BCUT2D eigenvalue weighted by molar-refractivity contribution is -0.137. The molecule has 0 heterocycles. The number of sulfonamides is 1. The first-order valence-electron chi connectivity index (χ1n) is 4.81. The zero-order valence-corrected chi connectivity index (χ0v) is 10.2. The van der Waals surface area contributed by atoms with Gasteiger partial charge in [0.15, 0.2) is 0 Å². The number of aliphatic carboxylic acids is 1. The Morgan fingerprint density at radius 1 is 1.33 bits per heavy atom. The summed E-state index contributed by atoms with van der Waals surface area (Å²) in [6.45, 7) is -0.696. The standard InChI is InChI=1S/C10H11F2NO4S/c1-13(6-9(14)15)18(16,17)8-4-2-7(3-5-8)10(11)12/h2-5,10H,6H2,1H3,(H,14,15). The Hall–Kier alpha value is -1.54. The van der Waals surface area contributed by atoms with Crippen LogP contribution >= 0.6 is 0 Å². The fourth-order valence-electron chi connectivity index (χ4n) is 1.24. The second-order valence-electron chi connectivity index (χ2n) is 3.52. The minimum absolute atomic E-state index is 0.226. The zero-order valence-electron chi connectivity index (χ0n) is 9.38. The summed E-state index contributed by atoms with van der Waals surface area (Å²) in [5, 5.41) is 8.51. The molecule has 0 aromatic heterocycles. The summed E-state index contributed by atoms with van der Waals surface area (Å²) in [5.41, 5.74) is -0.296. The summed E-state index contributed by atoms with van der Waals surface area (Å²) >= 11 is 0. The topological polar surface area (TPSA) is 74.7 Å². The summed E-state index contributed by atoms with van der Waals surface area (Å²) in [5.74, 6) is -1.30. The van der Waals surface area contributed by atoms with E-state index in [1.165, 1.54) is 0 Å². The SMILES string of the molecule is CN(CC(=O)O)S(=O)(=O)c1ccc(C(F)F)cc1. The van der Waals surface area contributed by atoms with Crippen LogP contribution in [0.4, 0.5) is 8.78 Å². The molecule has 8 heteroatoms. The first-order chi connectivity index (χ1) is 8.25. The molecule has 1 aromatic rings. The number of nitrogens with zero attached hydrogens (tertiary/aromatic N) is 1. The second-order valence-corrected chi connectivity index (χ2v) is 5.57. The Bertz CT molecular complexity index is 527. The smallest absolute Gasteiger partial charge is 0.318 e. The number of carboxylic acid groups (broad SMARTS) is 1. The van der Waals surface area contributed by atoms with Crippen LogP contribution in [0.1, 0.15) is 12.0 Å². The van der Waals surface area contributed by atoms with Gasteiger partial charge in [0, 0.05) is 12.6 Å². The molecular weight excluding hydrogens is 268 g/mol. The molecule has 5 nitrogen and oxygen atoms in total. The number of carbonyl (C=O) groups is 1. The number of hydrogen-bond acceptors (Lipinski definition) is 3. The van der Waals surface area contributed by atoms with Gasteiger partial charge in [0.25, 0.3) is 6.43 Å². The van der Waals surface area contributed by atoms with Crippen molar-refractivity contribution in [1.82, 2.24) is 4.31 Å². The number of rotatable bonds is 5. The van der Waals surface area contributed by atoms with Crippen LogP contribution < -0.4 is 0 Å². The molecule has 0 aliphatic carbocycles. The van der Waals surface area contributed by atoms with Crippen LogP contribution in [0.2, 0.25) is 0 Å². The average Bonchev–Trinajstić information content (AvgIpc) is 2.28. The Labute approximate surface area is 103 Å². The van der Waals surface area contributed by atoms with Crippen molar-refractivity contribution in [2.24, 2.45) is 0 Å². The Morgan fingerprint density at radius 3 is 2.22 bits per heavy atom. The molecule has 1 aromatic carbocycles. The Balaban J connectivity index is 3.02. The first kappa shape index (κ1) is 14.5. The molecule has 0 aliphatic heterocycles. The van der Waals surface area contributed by atoms with Crippen molar-refractivity contribution < 1.29 is 27.1 Å². The number of alkyl halides is 2. The number of likely N-dealkylation sites (N-methyl/N-ethyl adjacent to an activating group) is 1. The van der Waals surface area contributed by atoms with Crippen molar-refractivity contribution in [2.45, 2.75) is 11.3 Å². The molecule has 0 unspecified atom stereocenters. The quantitative estimate of drug-likeness (QED) is 0.882. The minimum atomic E-state index is -3.97. The number of halogens is 2. The van der Waals surface area contributed by atoms with Gasteiger partial charge in [-0.3, -0.25) is 4.79 Å². The molecule has 0 spiro atoms. The van der Waals surface area contributed by atoms with Crippen molar-refractivity contribution in [3.63, 3.8) is 0 Å². The third-order valence-electron chi connectivity index (χ3n) is 2.20. The minimum Gasteiger partial charge on any atom is -0.480 e. The van der Waals surface area contributed by atoms with Gasteiger partial charge in [0.05, 0.1) is 4.90 Å². The zero-order chi connectivity index (χ0) is 13.9. The molecule has 0 bridgehead atoms. The molecule has 0 saturated carbocycles. The lowest BCUT2D eigenvalue weighted by atomic mass is 10.2. The van der Waals surface area contributed by atoms with Gasteiger partial charge in [-0.1, -0.05) is 12.1 Å². The van der Waals surface area contributed by atoms with E-state index in [4.69, 9.17) is 5.11 Å². The van der Waals surface area contributed by atoms with Crippen LogP contribution in [0.15, 0.2) is 29.2 Å². The fourth-order valence-corrected chi connectivity index (χ4v) is 2.36. The van der Waals surface area contributed by atoms with Crippen molar-refractivity contribution in [3.05, 3.63) is 29.8 Å². The van der Waals surface area contributed by atoms with Crippen molar-refractivity contribution >= 4 is 16.0 Å². The van der Waals surface area contributed by atoms with Crippen LogP contribution in [0.5, 0.6) is 0 Å². The summed E-state index contributed by atoms with van der Waals surface area (Å²) in [6.07, 6.45) is -2.68. The number of hydrogen-bond donors (Lipinski definition) is 1. The highest BCUT2D eigenvalue weighted by atomic mass is 32.2. The molecule has 1 N–H and O–H groups in total. The van der Waals surface area contributed by atoms with Crippen LogP contribution in [0, 0.1) is 0 Å². The summed E-state index contributed by atoms with van der Waals surface area (Å²) in [6, 6.07) is 4.03. The van der Waals surface area contributed by atoms with Gasteiger partial charge < -0.3 is 5.11 Å². The van der Waals surface area contributed by atoms with E-state index in [0.29, 0.717) is 4.31 Å². The van der Waals surface area contributed by atoms with Crippen LogP contribution in [0.3, 0.4) is 0 Å². The highest BCUT2D eigenvalue weighted by Crippen LogP contribution is 2.21. The summed E-state index contributed by atoms with van der Waals surface area (Å²) in [7, 11) is -2.87. The van der Waals surface area contributed by atoms with E-state index in [2.05, 4.69) is 0 Å². The lowest BCUT2D eigenvalue weighted by Crippen LogP contribution is -2.32. The summed E-state index contributed by atoms with van der Waals surface area (Å²) in [4.78, 5) is 10.2. The predicted molar refractivity (Wildman–Crippen MR) is 58.9 cm³/mol. The molecule has 0 aliphatic rings. The van der Waals surface area contributed by atoms with E-state index in [9.17, 15) is 22.0 Å². The van der Waals surface area contributed by atoms with Crippen LogP contribution in [-0.4, -0.2) is 37.4 Å². The molecule has 1 rings (SSSR count). The number of carboxylic acids is 1. The van der Waals surface area contributed by atoms with Gasteiger partial charge in [0.1, 0.15) is 6.54 Å². The maximum atomic E-state index is 12.3. The third kappa shape index (κ3) is 3.23. The molecule has 0 radical (unpaired) electrons. The average molecular weight is 279 g/mol. The second kappa shape index (κ2) is 5.40. The van der Waals surface area contributed by atoms with Gasteiger partial charge in [0.2, 0.25) is 10.0 Å². The van der Waals surface area contributed by atoms with Gasteiger partial charge in [-0.2, -0.15) is 4.31 Å². The molecular formula is C10H11F2NO4S. The molecule has 0 saturated heterocycles. The largest absolute Gasteiger partial charge is 0.480 e. The van der Waals surface area contributed by atoms with Gasteiger partial charge in [-0.05, 0) is 12.1 Å². The fraction of sp³-hybridized carbons (Fsp3) is 0.300. The molecule has 0 fully saturated rings. The summed E-state index contributed by atoms with van der Waals surface area (Å²) < 4.78 is 48.9. The number of benzene rings is 1. The monoisotopic (exact) mass is 279 g/mol. The van der Waals surface area contributed by atoms with Gasteiger partial charge in [-0.25, -0.2) is 17.2 Å². The maximum Gasteiger partial charge on any atom is 0.318 e. The van der Waals surface area contributed by atoms with Crippen LogP contribution in [0.25, 0.3) is 0 Å². The van der Waals surface area contributed by atoms with Crippen molar-refractivity contribution in [3.8, 4) is 0 Å². The van der Waals surface area contributed by atoms with E-state index < -0.39 is 29.0 Å². The molecule has 18 heavy (non-hydrogen) atoms. The normalized spacial score (nSPS) is 12.1. The van der Waals surface area contributed by atoms with Gasteiger partial charge in [-0.15, -0.1) is 0 Å². The molecule has 0 atom stereocenters. The predicted octanol–water partition coefficient (Wildman–Crippen LogP) is 1.33. The van der Waals surface area contributed by atoms with Gasteiger partial charge >= 0.3 is 5.97 Å². The van der Waals surface area contributed by atoms with E-state index in [1.807, 2.05) is 0 Å². The highest BCUT2D eigenvalue weighted by molar-refractivity contribution is 7.89. The van der Waals surface area contributed by atoms with E-state index in [0.717, 1.165) is 31.3 Å². The van der Waals surface area contributed by atoms with Crippen molar-refractivity contribution in [2.75, 3.05) is 13.6 Å². The first-order valence-corrected chi connectivity index (χ1v) is 6.25. The van der Waals surface area contributed by atoms with Crippen molar-refractivity contribution in [1.29, 1.82) is 0 Å². The maximum absolute atomic E-state index is 12.3. The van der Waals surface area contributed by atoms with E-state index in [-0.39, 0.29) is 10.5 Å². The van der Waals surface area contributed by atoms with E-state index in [1.54, 1.807) is 0 Å². The van der Waals surface area contributed by atoms with Crippen LogP contribution in [-0.2, 0) is 14.8 Å². The lowest BCUT2D eigenvalue weighted by Gasteiger charge is -2.14. The third-order valence-corrected chi connectivity index (χ3v) is 4.02. The Morgan fingerprint density at radius 2 is 1.83 bits per heavy atom. The molecule has 0 amide bonds.